The fourth-order valence-electron chi connectivity index (χ4n) is 2.00. The maximum Gasteiger partial charge on any atom is 0.262 e. The molecular formula is C17H14BrClN2O2. The SMILES string of the molecule is Cc1cc(Br)cc(Cl)c1OCC(=O)Nc1ccc(CC#N)cc1. The Morgan fingerprint density at radius 3 is 2.65 bits per heavy atom. The van der Waals surface area contributed by atoms with Gasteiger partial charge in [-0.3, -0.25) is 4.79 Å². The number of nitrogens with one attached hydrogen (secondary N) is 1. The average Bonchev–Trinajstić information content (AvgIpc) is 2.48. The summed E-state index contributed by atoms with van der Waals surface area (Å²) in [5.41, 5.74) is 2.40. The Kier molecular flexibility index (Phi) is 6.03. The molecule has 0 spiro atoms. The Balaban J connectivity index is 1.94. The van der Waals surface area contributed by atoms with E-state index >= 15 is 0 Å². The van der Waals surface area contributed by atoms with Crippen LogP contribution in [-0.2, 0) is 11.2 Å². The topological polar surface area (TPSA) is 62.1 Å². The lowest BCUT2D eigenvalue weighted by atomic mass is 10.1. The van der Waals surface area contributed by atoms with Crippen LogP contribution < -0.4 is 10.1 Å². The number of nitriles is 1. The van der Waals surface area contributed by atoms with Crippen LogP contribution in [0.5, 0.6) is 5.75 Å². The lowest BCUT2D eigenvalue weighted by Gasteiger charge is -2.12. The molecule has 0 heterocycles. The number of anilines is 1. The number of nitrogens with zero attached hydrogens (tertiary/aromatic N) is 1. The van der Waals surface area contributed by atoms with E-state index in [1.165, 1.54) is 0 Å². The molecule has 0 fully saturated rings. The van der Waals surface area contributed by atoms with E-state index in [9.17, 15) is 4.79 Å². The fourth-order valence-corrected chi connectivity index (χ4v) is 3.03. The molecule has 0 aromatic heterocycles. The molecule has 0 saturated carbocycles. The van der Waals surface area contributed by atoms with Gasteiger partial charge in [-0.05, 0) is 42.3 Å². The van der Waals surface area contributed by atoms with Crippen molar-refractivity contribution in [2.75, 3.05) is 11.9 Å². The molecule has 0 saturated heterocycles. The highest BCUT2D eigenvalue weighted by molar-refractivity contribution is 9.10. The molecule has 0 unspecified atom stereocenters. The van der Waals surface area contributed by atoms with E-state index < -0.39 is 0 Å². The molecule has 6 heteroatoms. The van der Waals surface area contributed by atoms with E-state index in [2.05, 4.69) is 27.3 Å². The number of rotatable bonds is 5. The first-order valence-electron chi connectivity index (χ1n) is 6.84. The van der Waals surface area contributed by atoms with E-state index in [1.807, 2.05) is 13.0 Å². The zero-order valence-electron chi connectivity index (χ0n) is 12.4. The van der Waals surface area contributed by atoms with Crippen LogP contribution in [0.25, 0.3) is 0 Å². The van der Waals surface area contributed by atoms with Crippen molar-refractivity contribution in [2.24, 2.45) is 0 Å². The highest BCUT2D eigenvalue weighted by Gasteiger charge is 2.10. The minimum Gasteiger partial charge on any atom is -0.482 e. The summed E-state index contributed by atoms with van der Waals surface area (Å²) in [5, 5.41) is 11.8. The molecule has 0 radical (unpaired) electrons. The molecule has 0 aliphatic rings. The minimum atomic E-state index is -0.281. The molecule has 1 N–H and O–H groups in total. The van der Waals surface area contributed by atoms with Crippen LogP contribution in [-0.4, -0.2) is 12.5 Å². The molecule has 2 rings (SSSR count). The zero-order valence-corrected chi connectivity index (χ0v) is 14.7. The third-order valence-corrected chi connectivity index (χ3v) is 3.80. The van der Waals surface area contributed by atoms with E-state index in [0.717, 1.165) is 15.6 Å². The molecule has 23 heavy (non-hydrogen) atoms. The predicted octanol–water partition coefficient (Wildman–Crippen LogP) is 4.49. The molecule has 2 aromatic rings. The van der Waals surface area contributed by atoms with E-state index in [-0.39, 0.29) is 12.5 Å². The Hall–Kier alpha value is -2.03. The minimum absolute atomic E-state index is 0.137. The number of carbonyl (C=O) groups excluding carboxylic acids is 1. The van der Waals surface area contributed by atoms with Crippen molar-refractivity contribution in [3.05, 3.63) is 57.0 Å². The summed E-state index contributed by atoms with van der Waals surface area (Å²) >= 11 is 9.46. The van der Waals surface area contributed by atoms with Crippen molar-refractivity contribution in [2.45, 2.75) is 13.3 Å². The van der Waals surface area contributed by atoms with Gasteiger partial charge in [0.2, 0.25) is 0 Å². The van der Waals surface area contributed by atoms with Crippen molar-refractivity contribution in [1.82, 2.24) is 0 Å². The first kappa shape index (κ1) is 17.3. The maximum absolute atomic E-state index is 11.9. The largest absolute Gasteiger partial charge is 0.482 e. The summed E-state index contributed by atoms with van der Waals surface area (Å²) in [6.45, 7) is 1.72. The Bertz CT molecular complexity index is 731. The second-order valence-corrected chi connectivity index (χ2v) is 6.23. The smallest absolute Gasteiger partial charge is 0.262 e. The normalized spacial score (nSPS) is 10.0. The summed E-state index contributed by atoms with van der Waals surface area (Å²) < 4.78 is 6.37. The monoisotopic (exact) mass is 392 g/mol. The van der Waals surface area contributed by atoms with Crippen LogP contribution in [0.3, 0.4) is 0 Å². The van der Waals surface area contributed by atoms with Gasteiger partial charge in [0.1, 0.15) is 5.75 Å². The Morgan fingerprint density at radius 2 is 2.04 bits per heavy atom. The van der Waals surface area contributed by atoms with Gasteiger partial charge >= 0.3 is 0 Å². The highest BCUT2D eigenvalue weighted by atomic mass is 79.9. The molecule has 0 atom stereocenters. The van der Waals surface area contributed by atoms with Crippen LogP contribution >= 0.6 is 27.5 Å². The third kappa shape index (κ3) is 4.98. The predicted molar refractivity (Wildman–Crippen MR) is 93.8 cm³/mol. The average molecular weight is 394 g/mol. The van der Waals surface area contributed by atoms with E-state index in [1.54, 1.807) is 30.3 Å². The van der Waals surface area contributed by atoms with Gasteiger partial charge in [0.15, 0.2) is 6.61 Å². The molecule has 0 aliphatic carbocycles. The maximum atomic E-state index is 11.9. The van der Waals surface area contributed by atoms with Gasteiger partial charge in [-0.1, -0.05) is 39.7 Å². The molecule has 2 aromatic carbocycles. The number of benzene rings is 2. The van der Waals surface area contributed by atoms with E-state index in [0.29, 0.717) is 22.9 Å². The quantitative estimate of drug-likeness (QED) is 0.814. The molecular weight excluding hydrogens is 380 g/mol. The van der Waals surface area contributed by atoms with Crippen LogP contribution in [0, 0.1) is 18.3 Å². The second kappa shape index (κ2) is 8.00. The van der Waals surface area contributed by atoms with Gasteiger partial charge in [0, 0.05) is 10.2 Å². The Morgan fingerprint density at radius 1 is 1.35 bits per heavy atom. The number of aryl methyl sites for hydroxylation is 1. The van der Waals surface area contributed by atoms with Gasteiger partial charge < -0.3 is 10.1 Å². The van der Waals surface area contributed by atoms with Crippen LogP contribution in [0.4, 0.5) is 5.69 Å². The lowest BCUT2D eigenvalue weighted by molar-refractivity contribution is -0.118. The van der Waals surface area contributed by atoms with Crippen molar-refractivity contribution in [3.63, 3.8) is 0 Å². The summed E-state index contributed by atoms with van der Waals surface area (Å²) in [5.74, 6) is 0.214. The molecule has 0 bridgehead atoms. The standard InChI is InChI=1S/C17H14BrClN2O2/c1-11-8-13(18)9-15(19)17(11)23-10-16(22)21-14-4-2-12(3-5-14)6-7-20/h2-5,8-9H,6,10H2,1H3,(H,21,22). The van der Waals surface area contributed by atoms with Crippen molar-refractivity contribution in [1.29, 1.82) is 5.26 Å². The highest BCUT2D eigenvalue weighted by Crippen LogP contribution is 2.31. The van der Waals surface area contributed by atoms with Gasteiger partial charge in [-0.25, -0.2) is 0 Å². The van der Waals surface area contributed by atoms with Crippen LogP contribution in [0.15, 0.2) is 40.9 Å². The summed E-state index contributed by atoms with van der Waals surface area (Å²) in [6, 6.07) is 12.8. The number of amides is 1. The second-order valence-electron chi connectivity index (χ2n) is 4.90. The van der Waals surface area contributed by atoms with Gasteiger partial charge in [-0.15, -0.1) is 0 Å². The number of hydrogen-bond donors (Lipinski definition) is 1. The van der Waals surface area contributed by atoms with Crippen molar-refractivity contribution in [3.8, 4) is 11.8 Å². The van der Waals surface area contributed by atoms with Crippen molar-refractivity contribution < 1.29 is 9.53 Å². The van der Waals surface area contributed by atoms with Crippen molar-refractivity contribution >= 4 is 39.1 Å². The number of ether oxygens (including phenoxy) is 1. The molecule has 0 aliphatic heterocycles. The zero-order chi connectivity index (χ0) is 16.8. The fraction of sp³-hybridized carbons (Fsp3) is 0.176. The van der Waals surface area contributed by atoms with Gasteiger partial charge in [0.05, 0.1) is 17.5 Å². The third-order valence-electron chi connectivity index (χ3n) is 3.06. The first-order valence-corrected chi connectivity index (χ1v) is 8.01. The number of halogens is 2. The summed E-state index contributed by atoms with van der Waals surface area (Å²) in [7, 11) is 0. The summed E-state index contributed by atoms with van der Waals surface area (Å²) in [4.78, 5) is 11.9. The molecule has 118 valence electrons. The van der Waals surface area contributed by atoms with E-state index in [4.69, 9.17) is 21.6 Å². The van der Waals surface area contributed by atoms with Crippen LogP contribution in [0.1, 0.15) is 11.1 Å². The van der Waals surface area contributed by atoms with Gasteiger partial charge in [-0.2, -0.15) is 5.26 Å². The lowest BCUT2D eigenvalue weighted by Crippen LogP contribution is -2.20. The Labute approximate surface area is 148 Å². The van der Waals surface area contributed by atoms with Gasteiger partial charge in [0.25, 0.3) is 5.91 Å². The van der Waals surface area contributed by atoms with Crippen LogP contribution in [0.2, 0.25) is 5.02 Å². The first-order chi connectivity index (χ1) is 11.0. The molecule has 1 amide bonds. The number of hydrogen-bond acceptors (Lipinski definition) is 3. The molecule has 4 nitrogen and oxygen atoms in total. The summed E-state index contributed by atoms with van der Waals surface area (Å²) in [6.07, 6.45) is 0.346. The number of carbonyl (C=O) groups is 1.